The molecule has 156 valence electrons. The number of hydrogen-bond acceptors (Lipinski definition) is 4. The molecule has 1 heterocycles. The van der Waals surface area contributed by atoms with Crippen molar-refractivity contribution in [1.82, 2.24) is 0 Å². The van der Waals surface area contributed by atoms with Crippen molar-refractivity contribution in [2.45, 2.75) is 6.92 Å². The van der Waals surface area contributed by atoms with Crippen molar-refractivity contribution in [3.05, 3.63) is 94.3 Å². The van der Waals surface area contributed by atoms with E-state index in [0.717, 1.165) is 17.7 Å². The van der Waals surface area contributed by atoms with Crippen LogP contribution >= 0.6 is 0 Å². The molecule has 31 heavy (non-hydrogen) atoms. The molecule has 0 radical (unpaired) electrons. The molecule has 1 aromatic heterocycles. The number of hydrogen-bond donors (Lipinski definition) is 1. The number of anilines is 1. The van der Waals surface area contributed by atoms with Crippen molar-refractivity contribution >= 4 is 22.6 Å². The maximum Gasteiger partial charge on any atom is 0.262 e. The number of ether oxygens (including phenoxy) is 1. The van der Waals surface area contributed by atoms with Gasteiger partial charge in [0.1, 0.15) is 17.1 Å². The third-order valence-electron chi connectivity index (χ3n) is 4.68. The van der Waals surface area contributed by atoms with Crippen LogP contribution < -0.4 is 15.5 Å². The molecule has 0 aliphatic heterocycles. The lowest BCUT2D eigenvalue weighted by Gasteiger charge is -2.10. The standard InChI is InChI=1S/C24H17F2NO4/c1-14-23(15-5-3-2-4-6-15)24(29)18-9-8-17(12-21(18)31-14)30-13-22(28)27-16-7-10-19(25)20(26)11-16/h2-12H,13H2,1H3,(H,27,28). The van der Waals surface area contributed by atoms with Gasteiger partial charge in [0, 0.05) is 17.8 Å². The van der Waals surface area contributed by atoms with Crippen molar-refractivity contribution < 1.29 is 22.7 Å². The maximum absolute atomic E-state index is 13.2. The highest BCUT2D eigenvalue weighted by molar-refractivity contribution is 5.92. The lowest BCUT2D eigenvalue weighted by atomic mass is 10.0. The normalized spacial score (nSPS) is 10.8. The van der Waals surface area contributed by atoms with Crippen molar-refractivity contribution in [3.8, 4) is 16.9 Å². The van der Waals surface area contributed by atoms with E-state index in [2.05, 4.69) is 5.32 Å². The first kappa shape index (κ1) is 20.3. The molecule has 0 saturated carbocycles. The molecule has 0 bridgehead atoms. The summed E-state index contributed by atoms with van der Waals surface area (Å²) in [5.74, 6) is -1.82. The second kappa shape index (κ2) is 8.39. The van der Waals surface area contributed by atoms with Crippen LogP contribution in [0.5, 0.6) is 5.75 Å². The number of fused-ring (bicyclic) bond motifs is 1. The Balaban J connectivity index is 1.52. The molecule has 4 aromatic rings. The van der Waals surface area contributed by atoms with E-state index >= 15 is 0 Å². The molecular formula is C24H17F2NO4. The minimum absolute atomic E-state index is 0.112. The number of nitrogens with one attached hydrogen (secondary N) is 1. The van der Waals surface area contributed by atoms with Crippen LogP contribution in [0.2, 0.25) is 0 Å². The van der Waals surface area contributed by atoms with Crippen LogP contribution in [0.3, 0.4) is 0 Å². The van der Waals surface area contributed by atoms with E-state index in [4.69, 9.17) is 9.15 Å². The van der Waals surface area contributed by atoms with E-state index in [1.165, 1.54) is 12.1 Å². The molecule has 1 amide bonds. The Morgan fingerprint density at radius 3 is 2.52 bits per heavy atom. The van der Waals surface area contributed by atoms with Gasteiger partial charge in [0.2, 0.25) is 5.43 Å². The van der Waals surface area contributed by atoms with E-state index in [1.807, 2.05) is 30.3 Å². The Labute approximate surface area is 175 Å². The van der Waals surface area contributed by atoms with E-state index in [-0.39, 0.29) is 17.7 Å². The number of rotatable bonds is 5. The Bertz CT molecular complexity index is 1330. The smallest absolute Gasteiger partial charge is 0.262 e. The van der Waals surface area contributed by atoms with Crippen LogP contribution in [0.1, 0.15) is 5.76 Å². The van der Waals surface area contributed by atoms with E-state index in [9.17, 15) is 18.4 Å². The molecule has 1 N–H and O–H groups in total. The molecular weight excluding hydrogens is 404 g/mol. The molecule has 7 heteroatoms. The maximum atomic E-state index is 13.2. The second-order valence-electron chi connectivity index (χ2n) is 6.85. The first-order valence-corrected chi connectivity index (χ1v) is 9.43. The third kappa shape index (κ3) is 4.30. The third-order valence-corrected chi connectivity index (χ3v) is 4.68. The van der Waals surface area contributed by atoms with Gasteiger partial charge in [-0.2, -0.15) is 0 Å². The summed E-state index contributed by atoms with van der Waals surface area (Å²) in [5, 5.41) is 2.81. The highest BCUT2D eigenvalue weighted by Gasteiger charge is 2.14. The largest absolute Gasteiger partial charge is 0.484 e. The highest BCUT2D eigenvalue weighted by atomic mass is 19.2. The van der Waals surface area contributed by atoms with Gasteiger partial charge in [0.05, 0.1) is 10.9 Å². The molecule has 3 aromatic carbocycles. The number of carbonyl (C=O) groups is 1. The minimum atomic E-state index is -1.06. The number of benzene rings is 3. The Morgan fingerprint density at radius 1 is 1.00 bits per heavy atom. The summed E-state index contributed by atoms with van der Waals surface area (Å²) in [6, 6.07) is 17.0. The highest BCUT2D eigenvalue weighted by Crippen LogP contribution is 2.26. The summed E-state index contributed by atoms with van der Waals surface area (Å²) in [5.41, 5.74) is 1.55. The van der Waals surface area contributed by atoms with Crippen LogP contribution in [-0.4, -0.2) is 12.5 Å². The SMILES string of the molecule is Cc1oc2cc(OCC(=O)Nc3ccc(F)c(F)c3)ccc2c(=O)c1-c1ccccc1. The molecule has 0 aliphatic rings. The number of halogens is 2. The first-order valence-electron chi connectivity index (χ1n) is 9.43. The van der Waals surface area contributed by atoms with E-state index in [1.54, 1.807) is 19.1 Å². The summed E-state index contributed by atoms with van der Waals surface area (Å²) in [4.78, 5) is 25.0. The zero-order chi connectivity index (χ0) is 22.0. The van der Waals surface area contributed by atoms with Gasteiger partial charge in [-0.1, -0.05) is 30.3 Å². The van der Waals surface area contributed by atoms with Crippen molar-refractivity contribution in [3.63, 3.8) is 0 Å². The van der Waals surface area contributed by atoms with Gasteiger partial charge in [0.25, 0.3) is 5.91 Å². The number of amides is 1. The molecule has 0 aliphatic carbocycles. The molecule has 0 saturated heterocycles. The van der Waals surface area contributed by atoms with Gasteiger partial charge in [-0.05, 0) is 36.8 Å². The van der Waals surface area contributed by atoms with Crippen LogP contribution in [0.15, 0.2) is 75.9 Å². The molecule has 0 unspecified atom stereocenters. The van der Waals surface area contributed by atoms with Gasteiger partial charge in [-0.15, -0.1) is 0 Å². The molecule has 0 atom stereocenters. The summed E-state index contributed by atoms with van der Waals surface area (Å²) in [6.07, 6.45) is 0. The summed E-state index contributed by atoms with van der Waals surface area (Å²) in [6.45, 7) is 1.35. The topological polar surface area (TPSA) is 68.5 Å². The second-order valence-corrected chi connectivity index (χ2v) is 6.85. The van der Waals surface area contributed by atoms with E-state index in [0.29, 0.717) is 28.0 Å². The fourth-order valence-electron chi connectivity index (χ4n) is 3.23. The van der Waals surface area contributed by atoms with Crippen LogP contribution in [0, 0.1) is 18.6 Å². The van der Waals surface area contributed by atoms with Gasteiger partial charge in [0.15, 0.2) is 18.2 Å². The summed E-state index contributed by atoms with van der Waals surface area (Å²) >= 11 is 0. The van der Waals surface area contributed by atoms with Crippen LogP contribution in [-0.2, 0) is 4.79 Å². The van der Waals surface area contributed by atoms with E-state index < -0.39 is 17.5 Å². The van der Waals surface area contributed by atoms with Crippen molar-refractivity contribution in [1.29, 1.82) is 0 Å². The first-order chi connectivity index (χ1) is 14.9. The molecule has 0 spiro atoms. The van der Waals surface area contributed by atoms with Crippen molar-refractivity contribution in [2.24, 2.45) is 0 Å². The lowest BCUT2D eigenvalue weighted by molar-refractivity contribution is -0.118. The molecule has 5 nitrogen and oxygen atoms in total. The van der Waals surface area contributed by atoms with Gasteiger partial charge < -0.3 is 14.5 Å². The minimum Gasteiger partial charge on any atom is -0.484 e. The van der Waals surface area contributed by atoms with Gasteiger partial charge in [-0.25, -0.2) is 8.78 Å². The predicted molar refractivity (Wildman–Crippen MR) is 113 cm³/mol. The van der Waals surface area contributed by atoms with Gasteiger partial charge in [-0.3, -0.25) is 9.59 Å². The average Bonchev–Trinajstić information content (AvgIpc) is 2.75. The predicted octanol–water partition coefficient (Wildman–Crippen LogP) is 5.06. The monoisotopic (exact) mass is 421 g/mol. The lowest BCUT2D eigenvalue weighted by Crippen LogP contribution is -2.20. The average molecular weight is 421 g/mol. The summed E-state index contributed by atoms with van der Waals surface area (Å²) in [7, 11) is 0. The Morgan fingerprint density at radius 2 is 1.77 bits per heavy atom. The Hall–Kier alpha value is -4.00. The van der Waals surface area contributed by atoms with Gasteiger partial charge >= 0.3 is 0 Å². The zero-order valence-electron chi connectivity index (χ0n) is 16.4. The fraction of sp³-hybridized carbons (Fsp3) is 0.0833. The summed E-state index contributed by atoms with van der Waals surface area (Å²) < 4.78 is 37.5. The Kier molecular flexibility index (Phi) is 5.49. The number of carbonyl (C=O) groups excluding carboxylic acids is 1. The fourth-order valence-corrected chi connectivity index (χ4v) is 3.23. The quantitative estimate of drug-likeness (QED) is 0.489. The van der Waals surface area contributed by atoms with Crippen molar-refractivity contribution in [2.75, 3.05) is 11.9 Å². The number of aryl methyl sites for hydroxylation is 1. The van der Waals surface area contributed by atoms with Crippen LogP contribution in [0.25, 0.3) is 22.1 Å². The zero-order valence-corrected chi connectivity index (χ0v) is 16.4. The van der Waals surface area contributed by atoms with Crippen LogP contribution in [0.4, 0.5) is 14.5 Å². The molecule has 0 fully saturated rings. The molecule has 4 rings (SSSR count).